The van der Waals surface area contributed by atoms with E-state index >= 15 is 0 Å². The second kappa shape index (κ2) is 3.43. The summed E-state index contributed by atoms with van der Waals surface area (Å²) in [5, 5.41) is 0.946. The molecule has 0 aliphatic heterocycles. The third-order valence-corrected chi connectivity index (χ3v) is 2.88. The van der Waals surface area contributed by atoms with Gasteiger partial charge in [-0.2, -0.15) is 0 Å². The number of hydrogen-bond acceptors (Lipinski definition) is 4. The Hall–Kier alpha value is -2.62. The first-order chi connectivity index (χ1) is 8.92. The standard InChI is InChI=1S/C14H7N2O2/c1-4-15-14-11(2-5-18-14)10(1)9-7-13-12(16-8-9)3-6-17-13/h1-6,8H. The highest BCUT2D eigenvalue weighted by Gasteiger charge is 2.09. The van der Waals surface area contributed by atoms with Crippen LogP contribution in [0.1, 0.15) is 0 Å². The molecule has 85 valence electrons. The summed E-state index contributed by atoms with van der Waals surface area (Å²) in [6.07, 6.45) is 6.72. The molecule has 0 saturated carbocycles. The van der Waals surface area contributed by atoms with Crippen molar-refractivity contribution in [3.63, 3.8) is 0 Å². The van der Waals surface area contributed by atoms with Gasteiger partial charge in [0.15, 0.2) is 5.58 Å². The molecule has 0 fully saturated rings. The van der Waals surface area contributed by atoms with Crippen molar-refractivity contribution < 1.29 is 8.83 Å². The molecule has 0 aromatic carbocycles. The summed E-state index contributed by atoms with van der Waals surface area (Å²) in [5.41, 5.74) is 3.92. The number of hydrogen-bond donors (Lipinski definition) is 0. The Morgan fingerprint density at radius 2 is 1.94 bits per heavy atom. The van der Waals surface area contributed by atoms with Gasteiger partial charge >= 0.3 is 0 Å². The van der Waals surface area contributed by atoms with Crippen LogP contribution >= 0.6 is 0 Å². The van der Waals surface area contributed by atoms with Gasteiger partial charge in [-0.3, -0.25) is 4.98 Å². The van der Waals surface area contributed by atoms with Gasteiger partial charge in [-0.15, -0.1) is 0 Å². The van der Waals surface area contributed by atoms with Gasteiger partial charge in [-0.25, -0.2) is 4.98 Å². The highest BCUT2D eigenvalue weighted by atomic mass is 16.3. The maximum absolute atomic E-state index is 5.32. The fourth-order valence-electron chi connectivity index (χ4n) is 2.03. The average molecular weight is 235 g/mol. The average Bonchev–Trinajstić information content (AvgIpc) is 3.05. The van der Waals surface area contributed by atoms with Crippen molar-refractivity contribution in [1.82, 2.24) is 9.97 Å². The summed E-state index contributed by atoms with van der Waals surface area (Å²) in [5.74, 6) is 0. The summed E-state index contributed by atoms with van der Waals surface area (Å²) < 4.78 is 10.6. The van der Waals surface area contributed by atoms with E-state index in [-0.39, 0.29) is 0 Å². The maximum atomic E-state index is 5.32. The van der Waals surface area contributed by atoms with Gasteiger partial charge in [0.05, 0.1) is 12.5 Å². The lowest BCUT2D eigenvalue weighted by Gasteiger charge is -2.01. The molecule has 0 amide bonds. The third-order valence-electron chi connectivity index (χ3n) is 2.88. The molecular weight excluding hydrogens is 228 g/mol. The van der Waals surface area contributed by atoms with E-state index in [2.05, 4.69) is 16.0 Å². The minimum absolute atomic E-state index is 0.612. The normalized spacial score (nSPS) is 11.3. The zero-order valence-corrected chi connectivity index (χ0v) is 9.25. The van der Waals surface area contributed by atoms with Crippen molar-refractivity contribution in [2.75, 3.05) is 0 Å². The minimum atomic E-state index is 0.612. The first kappa shape index (κ1) is 9.41. The van der Waals surface area contributed by atoms with Crippen molar-refractivity contribution in [2.24, 2.45) is 0 Å². The van der Waals surface area contributed by atoms with Crippen LogP contribution in [0.3, 0.4) is 0 Å². The van der Waals surface area contributed by atoms with Crippen LogP contribution in [-0.2, 0) is 0 Å². The maximum Gasteiger partial charge on any atom is 0.226 e. The van der Waals surface area contributed by atoms with E-state index in [0.717, 1.165) is 22.0 Å². The van der Waals surface area contributed by atoms with E-state index < -0.39 is 0 Å². The van der Waals surface area contributed by atoms with Crippen molar-refractivity contribution >= 4 is 22.2 Å². The number of aromatic nitrogens is 2. The minimum Gasteiger partial charge on any atom is -0.462 e. The number of rotatable bonds is 1. The molecule has 1 radical (unpaired) electrons. The Kier molecular flexibility index (Phi) is 1.80. The lowest BCUT2D eigenvalue weighted by molar-refractivity contribution is 0.603. The van der Waals surface area contributed by atoms with Crippen molar-refractivity contribution in [3.05, 3.63) is 49.2 Å². The van der Waals surface area contributed by atoms with Gasteiger partial charge < -0.3 is 8.83 Å². The van der Waals surface area contributed by atoms with Crippen LogP contribution in [0.4, 0.5) is 0 Å². The van der Waals surface area contributed by atoms with E-state index in [1.54, 1.807) is 24.9 Å². The number of fused-ring (bicyclic) bond motifs is 2. The molecule has 4 aromatic rings. The lowest BCUT2D eigenvalue weighted by Crippen LogP contribution is -1.83. The third kappa shape index (κ3) is 1.26. The first-order valence-electron chi connectivity index (χ1n) is 5.50. The predicted molar refractivity (Wildman–Crippen MR) is 65.8 cm³/mol. The smallest absolute Gasteiger partial charge is 0.226 e. The Labute approximate surface area is 102 Å². The summed E-state index contributed by atoms with van der Waals surface area (Å²) in [4.78, 5) is 8.49. The molecule has 4 aromatic heterocycles. The molecule has 4 nitrogen and oxygen atoms in total. The van der Waals surface area contributed by atoms with E-state index in [1.807, 2.05) is 18.2 Å². The fraction of sp³-hybridized carbons (Fsp3) is 0. The highest BCUT2D eigenvalue weighted by molar-refractivity contribution is 5.93. The van der Waals surface area contributed by atoms with Crippen LogP contribution in [0.2, 0.25) is 0 Å². The van der Waals surface area contributed by atoms with Gasteiger partial charge in [0.1, 0.15) is 5.52 Å². The van der Waals surface area contributed by atoms with E-state index in [1.165, 1.54) is 0 Å². The molecule has 0 spiro atoms. The Balaban J connectivity index is 2.03. The van der Waals surface area contributed by atoms with Gasteiger partial charge in [-0.1, -0.05) is 0 Å². The van der Waals surface area contributed by atoms with Crippen molar-refractivity contribution in [1.29, 1.82) is 0 Å². The molecule has 4 heterocycles. The zero-order valence-electron chi connectivity index (χ0n) is 9.25. The van der Waals surface area contributed by atoms with Crippen LogP contribution < -0.4 is 0 Å². The van der Waals surface area contributed by atoms with E-state index in [0.29, 0.717) is 11.3 Å². The molecule has 0 atom stereocenters. The van der Waals surface area contributed by atoms with Gasteiger partial charge in [0, 0.05) is 35.5 Å². The number of furan rings is 2. The van der Waals surface area contributed by atoms with Crippen LogP contribution in [0, 0.1) is 6.07 Å². The second-order valence-electron chi connectivity index (χ2n) is 3.93. The molecule has 0 unspecified atom stereocenters. The molecule has 0 aliphatic carbocycles. The fourth-order valence-corrected chi connectivity index (χ4v) is 2.03. The topological polar surface area (TPSA) is 52.1 Å². The zero-order chi connectivity index (χ0) is 11.9. The second-order valence-corrected chi connectivity index (χ2v) is 3.93. The summed E-state index contributed by atoms with van der Waals surface area (Å²) >= 11 is 0. The van der Waals surface area contributed by atoms with E-state index in [4.69, 9.17) is 8.83 Å². The Morgan fingerprint density at radius 3 is 2.94 bits per heavy atom. The predicted octanol–water partition coefficient (Wildman–Crippen LogP) is 3.44. The molecule has 0 saturated heterocycles. The lowest BCUT2D eigenvalue weighted by atomic mass is 10.1. The van der Waals surface area contributed by atoms with Crippen LogP contribution in [-0.4, -0.2) is 9.97 Å². The van der Waals surface area contributed by atoms with Crippen LogP contribution in [0.15, 0.2) is 52.0 Å². The van der Waals surface area contributed by atoms with Gasteiger partial charge in [0.2, 0.25) is 5.71 Å². The first-order valence-corrected chi connectivity index (χ1v) is 5.50. The van der Waals surface area contributed by atoms with Gasteiger partial charge in [0.25, 0.3) is 0 Å². The quantitative estimate of drug-likeness (QED) is 0.507. The summed E-state index contributed by atoms with van der Waals surface area (Å²) in [7, 11) is 0. The molecule has 0 bridgehead atoms. The largest absolute Gasteiger partial charge is 0.462 e. The SMILES string of the molecule is [c]1c(-c2ccnc3occc23)cnc2ccoc12. The molecule has 4 rings (SSSR count). The summed E-state index contributed by atoms with van der Waals surface area (Å²) in [6.45, 7) is 0. The Bertz CT molecular complexity index is 845. The number of nitrogens with zero attached hydrogens (tertiary/aromatic N) is 2. The number of pyridine rings is 2. The molecule has 18 heavy (non-hydrogen) atoms. The monoisotopic (exact) mass is 235 g/mol. The molecule has 0 aliphatic rings. The van der Waals surface area contributed by atoms with Gasteiger partial charge in [-0.05, 0) is 17.7 Å². The van der Waals surface area contributed by atoms with E-state index in [9.17, 15) is 0 Å². The Morgan fingerprint density at radius 1 is 1.00 bits per heavy atom. The van der Waals surface area contributed by atoms with Crippen LogP contribution in [0.25, 0.3) is 33.3 Å². The molecular formula is C14H7N2O2. The molecule has 4 heteroatoms. The highest BCUT2D eigenvalue weighted by Crippen LogP contribution is 2.28. The van der Waals surface area contributed by atoms with Crippen molar-refractivity contribution in [3.8, 4) is 11.1 Å². The van der Waals surface area contributed by atoms with Crippen LogP contribution in [0.5, 0.6) is 0 Å². The van der Waals surface area contributed by atoms with Crippen molar-refractivity contribution in [2.45, 2.75) is 0 Å². The molecule has 0 N–H and O–H groups in total. The summed E-state index contributed by atoms with van der Waals surface area (Å²) in [6, 6.07) is 8.83.